The molecule has 3 N–H and O–H groups in total. The van der Waals surface area contributed by atoms with E-state index in [2.05, 4.69) is 5.32 Å². The Hall–Kier alpha value is -3.34. The summed E-state index contributed by atoms with van der Waals surface area (Å²) in [4.78, 5) is 27.4. The van der Waals surface area contributed by atoms with E-state index in [4.69, 9.17) is 5.73 Å². The van der Waals surface area contributed by atoms with E-state index in [1.807, 2.05) is 59.5 Å². The van der Waals surface area contributed by atoms with Crippen molar-refractivity contribution >= 4 is 34.0 Å². The van der Waals surface area contributed by atoms with Crippen LogP contribution in [0.5, 0.6) is 0 Å². The van der Waals surface area contributed by atoms with E-state index >= 15 is 0 Å². The predicted molar refractivity (Wildman–Crippen MR) is 112 cm³/mol. The van der Waals surface area contributed by atoms with Crippen LogP contribution >= 0.6 is 0 Å². The maximum Gasteiger partial charge on any atom is 0.254 e. The van der Waals surface area contributed by atoms with Gasteiger partial charge in [-0.3, -0.25) is 9.59 Å². The fourth-order valence-electron chi connectivity index (χ4n) is 3.79. The number of anilines is 2. The highest BCUT2D eigenvalue weighted by molar-refractivity contribution is 6.07. The van der Waals surface area contributed by atoms with E-state index in [9.17, 15) is 9.59 Å². The predicted octanol–water partition coefficient (Wildman–Crippen LogP) is 3.91. The Bertz CT molecular complexity index is 1020. The molecule has 0 aromatic heterocycles. The standard InChI is InChI=1S/C23H23N3O2/c24-18-7-4-8-19(15-18)25-22(27)17-11-13-26(14-12-17)23(28)21-10-3-6-16-5-1-2-9-20(16)21/h1-10,15,17H,11-14,24H2,(H,25,27). The van der Waals surface area contributed by atoms with Crippen molar-refractivity contribution in [3.63, 3.8) is 0 Å². The molecule has 0 spiro atoms. The zero-order chi connectivity index (χ0) is 19.5. The van der Waals surface area contributed by atoms with Crippen molar-refractivity contribution in [2.45, 2.75) is 12.8 Å². The van der Waals surface area contributed by atoms with Crippen LogP contribution in [0.3, 0.4) is 0 Å². The summed E-state index contributed by atoms with van der Waals surface area (Å²) >= 11 is 0. The molecule has 1 fully saturated rings. The lowest BCUT2D eigenvalue weighted by Crippen LogP contribution is -2.41. The number of amides is 2. The van der Waals surface area contributed by atoms with Crippen molar-refractivity contribution in [2.75, 3.05) is 24.1 Å². The second-order valence-electron chi connectivity index (χ2n) is 7.21. The van der Waals surface area contributed by atoms with Gasteiger partial charge in [0.1, 0.15) is 0 Å². The topological polar surface area (TPSA) is 75.4 Å². The minimum atomic E-state index is -0.0991. The lowest BCUT2D eigenvalue weighted by atomic mass is 9.94. The summed E-state index contributed by atoms with van der Waals surface area (Å²) in [6.07, 6.45) is 1.31. The van der Waals surface area contributed by atoms with Gasteiger partial charge in [0.2, 0.25) is 5.91 Å². The third-order valence-electron chi connectivity index (χ3n) is 5.33. The van der Waals surface area contributed by atoms with Gasteiger partial charge in [-0.2, -0.15) is 0 Å². The molecule has 0 unspecified atom stereocenters. The third-order valence-corrected chi connectivity index (χ3v) is 5.33. The first-order chi connectivity index (χ1) is 13.6. The fraction of sp³-hybridized carbons (Fsp3) is 0.217. The van der Waals surface area contributed by atoms with Crippen molar-refractivity contribution in [2.24, 2.45) is 5.92 Å². The van der Waals surface area contributed by atoms with E-state index in [-0.39, 0.29) is 17.7 Å². The molecule has 0 atom stereocenters. The molecule has 3 aromatic rings. The summed E-state index contributed by atoms with van der Waals surface area (Å²) in [5, 5.41) is 4.96. The molecular formula is C23H23N3O2. The number of hydrogen-bond acceptors (Lipinski definition) is 3. The van der Waals surface area contributed by atoms with E-state index in [0.717, 1.165) is 16.3 Å². The first kappa shape index (κ1) is 18.0. The Kier molecular flexibility index (Phi) is 4.98. The molecule has 0 bridgehead atoms. The van der Waals surface area contributed by atoms with Gasteiger partial charge in [-0.1, -0.05) is 42.5 Å². The fourth-order valence-corrected chi connectivity index (χ4v) is 3.79. The van der Waals surface area contributed by atoms with Crippen LogP contribution in [0, 0.1) is 5.92 Å². The molecule has 2 amide bonds. The van der Waals surface area contributed by atoms with Crippen LogP contribution in [-0.2, 0) is 4.79 Å². The van der Waals surface area contributed by atoms with Crippen LogP contribution in [0.2, 0.25) is 0 Å². The van der Waals surface area contributed by atoms with Crippen LogP contribution in [-0.4, -0.2) is 29.8 Å². The molecule has 3 aromatic carbocycles. The van der Waals surface area contributed by atoms with Crippen LogP contribution in [0.25, 0.3) is 10.8 Å². The largest absolute Gasteiger partial charge is 0.399 e. The smallest absolute Gasteiger partial charge is 0.254 e. The first-order valence-corrected chi connectivity index (χ1v) is 9.55. The van der Waals surface area contributed by atoms with Crippen molar-refractivity contribution in [1.82, 2.24) is 4.90 Å². The van der Waals surface area contributed by atoms with Gasteiger partial charge >= 0.3 is 0 Å². The van der Waals surface area contributed by atoms with Gasteiger partial charge in [-0.05, 0) is 47.9 Å². The normalized spacial score (nSPS) is 14.8. The SMILES string of the molecule is Nc1cccc(NC(=O)C2CCN(C(=O)c3cccc4ccccc34)CC2)c1. The van der Waals surface area contributed by atoms with Gasteiger partial charge in [0, 0.05) is 35.9 Å². The first-order valence-electron chi connectivity index (χ1n) is 9.55. The number of nitrogens with two attached hydrogens (primary N) is 1. The van der Waals surface area contributed by atoms with Gasteiger partial charge in [0.05, 0.1) is 0 Å². The number of carbonyl (C=O) groups excluding carboxylic acids is 2. The molecule has 142 valence electrons. The molecule has 5 heteroatoms. The molecule has 4 rings (SSSR count). The van der Waals surface area contributed by atoms with Crippen molar-refractivity contribution in [3.05, 3.63) is 72.3 Å². The van der Waals surface area contributed by atoms with Crippen molar-refractivity contribution in [1.29, 1.82) is 0 Å². The molecule has 1 heterocycles. The number of carbonyl (C=O) groups is 2. The van der Waals surface area contributed by atoms with Crippen molar-refractivity contribution < 1.29 is 9.59 Å². The van der Waals surface area contributed by atoms with E-state index in [1.54, 1.807) is 12.1 Å². The molecule has 0 radical (unpaired) electrons. The molecule has 1 saturated heterocycles. The molecular weight excluding hydrogens is 350 g/mol. The Morgan fingerprint density at radius 3 is 2.43 bits per heavy atom. The van der Waals surface area contributed by atoms with Gasteiger partial charge < -0.3 is 16.0 Å². The maximum atomic E-state index is 13.0. The molecule has 28 heavy (non-hydrogen) atoms. The average Bonchev–Trinajstić information content (AvgIpc) is 2.73. The number of hydrogen-bond donors (Lipinski definition) is 2. The number of likely N-dealkylation sites (tertiary alicyclic amines) is 1. The number of nitrogens with zero attached hydrogens (tertiary/aromatic N) is 1. The highest BCUT2D eigenvalue weighted by Crippen LogP contribution is 2.24. The van der Waals surface area contributed by atoms with Crippen LogP contribution in [0.4, 0.5) is 11.4 Å². The van der Waals surface area contributed by atoms with Gasteiger partial charge in [0.15, 0.2) is 0 Å². The van der Waals surface area contributed by atoms with Gasteiger partial charge in [-0.15, -0.1) is 0 Å². The van der Waals surface area contributed by atoms with Crippen LogP contribution < -0.4 is 11.1 Å². The van der Waals surface area contributed by atoms with E-state index in [0.29, 0.717) is 37.3 Å². The quantitative estimate of drug-likeness (QED) is 0.684. The summed E-state index contributed by atoms with van der Waals surface area (Å²) in [6, 6.07) is 20.9. The highest BCUT2D eigenvalue weighted by Gasteiger charge is 2.28. The molecule has 0 saturated carbocycles. The van der Waals surface area contributed by atoms with Crippen molar-refractivity contribution in [3.8, 4) is 0 Å². The summed E-state index contributed by atoms with van der Waals surface area (Å²) in [7, 11) is 0. The number of fused-ring (bicyclic) bond motifs is 1. The number of piperidine rings is 1. The zero-order valence-corrected chi connectivity index (χ0v) is 15.6. The second-order valence-corrected chi connectivity index (χ2v) is 7.21. The summed E-state index contributed by atoms with van der Waals surface area (Å²) < 4.78 is 0. The minimum Gasteiger partial charge on any atom is -0.399 e. The lowest BCUT2D eigenvalue weighted by molar-refractivity contribution is -0.121. The van der Waals surface area contributed by atoms with Crippen LogP contribution in [0.15, 0.2) is 66.7 Å². The highest BCUT2D eigenvalue weighted by atomic mass is 16.2. The average molecular weight is 373 g/mol. The Balaban J connectivity index is 1.41. The molecule has 5 nitrogen and oxygen atoms in total. The summed E-state index contributed by atoms with van der Waals surface area (Å²) in [6.45, 7) is 1.16. The van der Waals surface area contributed by atoms with Crippen LogP contribution in [0.1, 0.15) is 23.2 Å². The minimum absolute atomic E-state index is 0.0112. The molecule has 1 aliphatic rings. The number of nitrogens with one attached hydrogen (secondary N) is 1. The third kappa shape index (κ3) is 3.69. The Labute approximate surface area is 164 Å². The monoisotopic (exact) mass is 373 g/mol. The maximum absolute atomic E-state index is 13.0. The van der Waals surface area contributed by atoms with E-state index in [1.165, 1.54) is 0 Å². The Morgan fingerprint density at radius 1 is 0.929 bits per heavy atom. The Morgan fingerprint density at radius 2 is 1.64 bits per heavy atom. The summed E-state index contributed by atoms with van der Waals surface area (Å²) in [5.41, 5.74) is 7.81. The number of benzene rings is 3. The summed E-state index contributed by atoms with van der Waals surface area (Å²) in [5.74, 6) is -0.0765. The molecule has 1 aliphatic heterocycles. The number of rotatable bonds is 3. The zero-order valence-electron chi connectivity index (χ0n) is 15.6. The molecule has 0 aliphatic carbocycles. The van der Waals surface area contributed by atoms with Gasteiger partial charge in [0.25, 0.3) is 5.91 Å². The second kappa shape index (κ2) is 7.72. The number of nitrogen functional groups attached to an aromatic ring is 1. The van der Waals surface area contributed by atoms with Gasteiger partial charge in [-0.25, -0.2) is 0 Å². The van der Waals surface area contributed by atoms with E-state index < -0.39 is 0 Å². The lowest BCUT2D eigenvalue weighted by Gasteiger charge is -2.31.